The first-order chi connectivity index (χ1) is 12.8. The van der Waals surface area contributed by atoms with Crippen LogP contribution in [0.3, 0.4) is 0 Å². The summed E-state index contributed by atoms with van der Waals surface area (Å²) in [4.78, 5) is 19.5. The number of halogens is 3. The lowest BCUT2D eigenvalue weighted by molar-refractivity contribution is -0.136. The topological polar surface area (TPSA) is 66.9 Å². The number of Topliss-reactive ketones (excluding diaryl/α,β-unsaturated/α-hetero) is 1. The summed E-state index contributed by atoms with van der Waals surface area (Å²) in [7, 11) is 0. The second-order valence-corrected chi connectivity index (χ2v) is 5.72. The number of ketones is 1. The molecule has 0 aliphatic carbocycles. The Morgan fingerprint density at radius 1 is 0.926 bits per heavy atom. The molecule has 0 spiro atoms. The Balaban J connectivity index is 1.83. The van der Waals surface area contributed by atoms with E-state index in [2.05, 4.69) is 20.6 Å². The van der Waals surface area contributed by atoms with Gasteiger partial charge in [-0.25, -0.2) is 9.97 Å². The Morgan fingerprint density at radius 2 is 1.63 bits per heavy atom. The van der Waals surface area contributed by atoms with Crippen LogP contribution < -0.4 is 10.6 Å². The van der Waals surface area contributed by atoms with Crippen LogP contribution in [0.5, 0.6) is 0 Å². The number of nitrogens with zero attached hydrogens (tertiary/aromatic N) is 2. The van der Waals surface area contributed by atoms with E-state index in [1.807, 2.05) is 0 Å². The second kappa shape index (κ2) is 7.45. The molecule has 0 bridgehead atoms. The van der Waals surface area contributed by atoms with Crippen molar-refractivity contribution in [3.05, 3.63) is 72.1 Å². The smallest absolute Gasteiger partial charge is 0.340 e. The minimum absolute atomic E-state index is 0.0764. The minimum Gasteiger partial charge on any atom is -0.340 e. The lowest BCUT2D eigenvalue weighted by Gasteiger charge is -2.14. The van der Waals surface area contributed by atoms with E-state index in [1.165, 1.54) is 37.5 Å². The fraction of sp³-hybridized carbons (Fsp3) is 0.105. The van der Waals surface area contributed by atoms with Gasteiger partial charge in [0.25, 0.3) is 0 Å². The molecule has 1 aromatic heterocycles. The number of hydrogen-bond donors (Lipinski definition) is 2. The van der Waals surface area contributed by atoms with Crippen molar-refractivity contribution in [1.29, 1.82) is 0 Å². The number of rotatable bonds is 5. The van der Waals surface area contributed by atoms with Crippen molar-refractivity contribution >= 4 is 28.8 Å². The highest BCUT2D eigenvalue weighted by Crippen LogP contribution is 2.35. The van der Waals surface area contributed by atoms with Crippen LogP contribution >= 0.6 is 0 Å². The van der Waals surface area contributed by atoms with E-state index in [-0.39, 0.29) is 17.3 Å². The molecule has 0 fully saturated rings. The summed E-state index contributed by atoms with van der Waals surface area (Å²) in [5, 5.41) is 5.67. The highest BCUT2D eigenvalue weighted by Gasteiger charge is 2.33. The van der Waals surface area contributed by atoms with Crippen molar-refractivity contribution in [2.75, 3.05) is 10.6 Å². The van der Waals surface area contributed by atoms with Gasteiger partial charge in [0.1, 0.15) is 18.0 Å². The first-order valence-electron chi connectivity index (χ1n) is 7.96. The van der Waals surface area contributed by atoms with Crippen LogP contribution in [-0.2, 0) is 6.18 Å². The van der Waals surface area contributed by atoms with Gasteiger partial charge in [0, 0.05) is 17.3 Å². The Morgan fingerprint density at radius 3 is 2.33 bits per heavy atom. The monoisotopic (exact) mass is 372 g/mol. The standard InChI is InChI=1S/C19H15F3N4O/c1-12(27)13-5-4-6-14(9-13)25-17-10-18(24-11-23-17)26-16-8-3-2-7-15(16)19(20,21)22/h2-11H,1H3,(H2,23,24,25,26). The summed E-state index contributed by atoms with van der Waals surface area (Å²) in [5.41, 5.74) is 0.273. The Kier molecular flexibility index (Phi) is 5.07. The summed E-state index contributed by atoms with van der Waals surface area (Å²) in [6.45, 7) is 1.46. The zero-order chi connectivity index (χ0) is 19.4. The van der Waals surface area contributed by atoms with Crippen molar-refractivity contribution in [2.45, 2.75) is 13.1 Å². The lowest BCUT2D eigenvalue weighted by atomic mass is 10.1. The molecule has 0 saturated heterocycles. The quantitative estimate of drug-likeness (QED) is 0.604. The predicted molar refractivity (Wildman–Crippen MR) is 96.5 cm³/mol. The van der Waals surface area contributed by atoms with Gasteiger partial charge in [0.2, 0.25) is 0 Å². The number of carbonyl (C=O) groups is 1. The van der Waals surface area contributed by atoms with Crippen LogP contribution in [0.4, 0.5) is 36.2 Å². The van der Waals surface area contributed by atoms with E-state index in [9.17, 15) is 18.0 Å². The molecule has 0 atom stereocenters. The molecule has 138 valence electrons. The summed E-state index contributed by atoms with van der Waals surface area (Å²) in [6.07, 6.45) is -3.25. The number of para-hydroxylation sites is 1. The van der Waals surface area contributed by atoms with Gasteiger partial charge in [-0.15, -0.1) is 0 Å². The average Bonchev–Trinajstić information content (AvgIpc) is 2.62. The van der Waals surface area contributed by atoms with Gasteiger partial charge in [-0.2, -0.15) is 13.2 Å². The number of aromatic nitrogens is 2. The number of nitrogens with one attached hydrogen (secondary N) is 2. The van der Waals surface area contributed by atoms with E-state index in [4.69, 9.17) is 0 Å². The van der Waals surface area contributed by atoms with Crippen LogP contribution in [0.15, 0.2) is 60.9 Å². The summed E-state index contributed by atoms with van der Waals surface area (Å²) < 4.78 is 39.3. The van der Waals surface area contributed by atoms with Crippen molar-refractivity contribution < 1.29 is 18.0 Å². The molecule has 0 aliphatic rings. The van der Waals surface area contributed by atoms with E-state index < -0.39 is 11.7 Å². The largest absolute Gasteiger partial charge is 0.418 e. The maximum Gasteiger partial charge on any atom is 0.418 e. The van der Waals surface area contributed by atoms with Crippen molar-refractivity contribution in [3.63, 3.8) is 0 Å². The molecule has 2 N–H and O–H groups in total. The molecule has 5 nitrogen and oxygen atoms in total. The molecule has 8 heteroatoms. The lowest BCUT2D eigenvalue weighted by Crippen LogP contribution is -2.09. The third kappa shape index (κ3) is 4.60. The summed E-state index contributed by atoms with van der Waals surface area (Å²) in [5.74, 6) is 0.497. The first-order valence-corrected chi connectivity index (χ1v) is 7.96. The van der Waals surface area contributed by atoms with E-state index >= 15 is 0 Å². The fourth-order valence-corrected chi connectivity index (χ4v) is 2.44. The van der Waals surface area contributed by atoms with Crippen molar-refractivity contribution in [3.8, 4) is 0 Å². The molecule has 0 unspecified atom stereocenters. The SMILES string of the molecule is CC(=O)c1cccc(Nc2cc(Nc3ccccc3C(F)(F)F)ncn2)c1. The first kappa shape index (κ1) is 18.4. The highest BCUT2D eigenvalue weighted by molar-refractivity contribution is 5.95. The molecule has 3 rings (SSSR count). The van der Waals surface area contributed by atoms with Crippen LogP contribution in [0.2, 0.25) is 0 Å². The Hall–Kier alpha value is -3.42. The second-order valence-electron chi connectivity index (χ2n) is 5.72. The molecular weight excluding hydrogens is 357 g/mol. The van der Waals surface area contributed by atoms with Gasteiger partial charge in [-0.1, -0.05) is 24.3 Å². The number of benzene rings is 2. The zero-order valence-corrected chi connectivity index (χ0v) is 14.2. The van der Waals surface area contributed by atoms with Gasteiger partial charge in [-0.3, -0.25) is 4.79 Å². The Bertz CT molecular complexity index is 973. The molecule has 0 aliphatic heterocycles. The van der Waals surface area contributed by atoms with E-state index in [0.717, 1.165) is 6.07 Å². The molecule has 3 aromatic rings. The number of carbonyl (C=O) groups excluding carboxylic acids is 1. The van der Waals surface area contributed by atoms with E-state index in [0.29, 0.717) is 17.1 Å². The van der Waals surface area contributed by atoms with Gasteiger partial charge < -0.3 is 10.6 Å². The number of alkyl halides is 3. The Labute approximate surface area is 153 Å². The maximum absolute atomic E-state index is 13.1. The van der Waals surface area contributed by atoms with Crippen molar-refractivity contribution in [2.24, 2.45) is 0 Å². The zero-order valence-electron chi connectivity index (χ0n) is 14.2. The predicted octanol–water partition coefficient (Wildman–Crippen LogP) is 5.19. The minimum atomic E-state index is -4.48. The average molecular weight is 372 g/mol. The summed E-state index contributed by atoms with van der Waals surface area (Å²) in [6, 6.07) is 13.5. The number of hydrogen-bond acceptors (Lipinski definition) is 5. The van der Waals surface area contributed by atoms with Crippen LogP contribution in [-0.4, -0.2) is 15.8 Å². The molecule has 0 saturated carbocycles. The van der Waals surface area contributed by atoms with Gasteiger partial charge in [0.15, 0.2) is 5.78 Å². The van der Waals surface area contributed by atoms with Crippen LogP contribution in [0.25, 0.3) is 0 Å². The third-order valence-corrected chi connectivity index (χ3v) is 3.70. The fourth-order valence-electron chi connectivity index (χ4n) is 2.44. The van der Waals surface area contributed by atoms with Gasteiger partial charge in [-0.05, 0) is 31.2 Å². The molecule has 0 radical (unpaired) electrons. The third-order valence-electron chi connectivity index (χ3n) is 3.70. The van der Waals surface area contributed by atoms with Gasteiger partial charge in [0.05, 0.1) is 11.3 Å². The van der Waals surface area contributed by atoms with E-state index in [1.54, 1.807) is 24.3 Å². The van der Waals surface area contributed by atoms with Crippen LogP contribution in [0.1, 0.15) is 22.8 Å². The molecule has 0 amide bonds. The molecule has 1 heterocycles. The molecule has 2 aromatic carbocycles. The molecular formula is C19H15F3N4O. The van der Waals surface area contributed by atoms with Crippen LogP contribution in [0, 0.1) is 0 Å². The molecule has 27 heavy (non-hydrogen) atoms. The highest BCUT2D eigenvalue weighted by atomic mass is 19.4. The normalized spacial score (nSPS) is 11.1. The maximum atomic E-state index is 13.1. The number of anilines is 4. The van der Waals surface area contributed by atoms with Crippen molar-refractivity contribution in [1.82, 2.24) is 9.97 Å². The van der Waals surface area contributed by atoms with Gasteiger partial charge >= 0.3 is 6.18 Å². The summed E-state index contributed by atoms with van der Waals surface area (Å²) >= 11 is 0.